The third-order valence-electron chi connectivity index (χ3n) is 5.59. The number of carbonyl (C=O) groups excluding carboxylic acids is 1. The fourth-order valence-corrected chi connectivity index (χ4v) is 3.97. The van der Waals surface area contributed by atoms with Gasteiger partial charge in [-0.3, -0.25) is 9.79 Å². The topological polar surface area (TPSA) is 82.1 Å². The number of rotatable bonds is 5. The molecule has 8 nitrogen and oxygen atoms in total. The summed E-state index contributed by atoms with van der Waals surface area (Å²) in [6.07, 6.45) is 2.57. The van der Waals surface area contributed by atoms with E-state index in [1.54, 1.807) is 7.05 Å². The molecule has 0 spiro atoms. The van der Waals surface area contributed by atoms with Crippen LogP contribution < -0.4 is 20.4 Å². The maximum absolute atomic E-state index is 12.4. The van der Waals surface area contributed by atoms with Gasteiger partial charge in [-0.1, -0.05) is 24.3 Å². The highest BCUT2D eigenvalue weighted by molar-refractivity contribution is 5.97. The Labute approximate surface area is 183 Å². The fourth-order valence-electron chi connectivity index (χ4n) is 3.97. The predicted molar refractivity (Wildman–Crippen MR) is 122 cm³/mol. The lowest BCUT2D eigenvalue weighted by Gasteiger charge is -2.32. The van der Waals surface area contributed by atoms with Gasteiger partial charge in [0, 0.05) is 51.5 Å². The van der Waals surface area contributed by atoms with E-state index in [1.165, 1.54) is 0 Å². The second-order valence-corrected chi connectivity index (χ2v) is 7.96. The van der Waals surface area contributed by atoms with Crippen molar-refractivity contribution in [3.05, 3.63) is 54.2 Å². The number of aliphatic imine (C=N–C) groups is 1. The number of hydrogen-bond donors (Lipinski definition) is 2. The van der Waals surface area contributed by atoms with Crippen LogP contribution in [0.3, 0.4) is 0 Å². The molecule has 1 amide bonds. The number of para-hydroxylation sites is 1. The molecule has 164 valence electrons. The minimum absolute atomic E-state index is 0.0164. The Morgan fingerprint density at radius 3 is 2.77 bits per heavy atom. The second kappa shape index (κ2) is 9.78. The number of carbonyl (C=O) groups is 1. The van der Waals surface area contributed by atoms with E-state index in [9.17, 15) is 4.79 Å². The van der Waals surface area contributed by atoms with Crippen molar-refractivity contribution >= 4 is 23.4 Å². The molecule has 2 aliphatic rings. The summed E-state index contributed by atoms with van der Waals surface area (Å²) < 4.78 is 5.60. The van der Waals surface area contributed by atoms with Crippen LogP contribution in [0, 0.1) is 0 Å². The van der Waals surface area contributed by atoms with Crippen LogP contribution in [0.1, 0.15) is 18.9 Å². The van der Waals surface area contributed by atoms with Gasteiger partial charge in [0.2, 0.25) is 5.91 Å². The summed E-state index contributed by atoms with van der Waals surface area (Å²) in [5.74, 6) is 1.78. The van der Waals surface area contributed by atoms with Gasteiger partial charge in [-0.25, -0.2) is 4.98 Å². The molecule has 2 N–H and O–H groups in total. The molecule has 4 rings (SSSR count). The minimum Gasteiger partial charge on any atom is -0.375 e. The Morgan fingerprint density at radius 1 is 1.23 bits per heavy atom. The summed E-state index contributed by atoms with van der Waals surface area (Å²) >= 11 is 0. The van der Waals surface area contributed by atoms with E-state index in [0.717, 1.165) is 36.8 Å². The number of amides is 1. The van der Waals surface area contributed by atoms with Gasteiger partial charge in [0.1, 0.15) is 5.82 Å². The molecule has 0 aliphatic carbocycles. The number of aromatic nitrogens is 1. The molecule has 2 atom stereocenters. The molecule has 2 saturated heterocycles. The summed E-state index contributed by atoms with van der Waals surface area (Å²) in [6, 6.07) is 13.9. The minimum atomic E-state index is 0.0164. The van der Waals surface area contributed by atoms with Crippen molar-refractivity contribution in [1.29, 1.82) is 0 Å². The van der Waals surface area contributed by atoms with Crippen molar-refractivity contribution in [1.82, 2.24) is 15.6 Å². The van der Waals surface area contributed by atoms with Crippen LogP contribution in [-0.4, -0.2) is 62.3 Å². The molecule has 2 unspecified atom stereocenters. The molecule has 2 aromatic rings. The molecule has 31 heavy (non-hydrogen) atoms. The zero-order valence-corrected chi connectivity index (χ0v) is 18.1. The molecule has 0 saturated carbocycles. The van der Waals surface area contributed by atoms with Crippen LogP contribution in [0.5, 0.6) is 0 Å². The fraction of sp³-hybridized carbons (Fsp3) is 0.435. The zero-order chi connectivity index (χ0) is 21.6. The van der Waals surface area contributed by atoms with Crippen LogP contribution in [0.15, 0.2) is 53.7 Å². The largest absolute Gasteiger partial charge is 0.375 e. The zero-order valence-electron chi connectivity index (χ0n) is 18.1. The van der Waals surface area contributed by atoms with Crippen molar-refractivity contribution in [2.75, 3.05) is 43.1 Å². The van der Waals surface area contributed by atoms with E-state index in [4.69, 9.17) is 4.74 Å². The van der Waals surface area contributed by atoms with Gasteiger partial charge in [0.15, 0.2) is 5.96 Å². The first-order valence-corrected chi connectivity index (χ1v) is 10.8. The van der Waals surface area contributed by atoms with Crippen molar-refractivity contribution in [2.45, 2.75) is 32.0 Å². The lowest BCUT2D eigenvalue weighted by Crippen LogP contribution is -2.44. The van der Waals surface area contributed by atoms with Crippen molar-refractivity contribution < 1.29 is 9.53 Å². The van der Waals surface area contributed by atoms with Gasteiger partial charge in [0.05, 0.1) is 18.8 Å². The second-order valence-electron chi connectivity index (χ2n) is 7.96. The lowest BCUT2D eigenvalue weighted by molar-refractivity contribution is -0.117. The summed E-state index contributed by atoms with van der Waals surface area (Å²) in [5, 5.41) is 6.69. The Hall–Kier alpha value is -3.13. The summed E-state index contributed by atoms with van der Waals surface area (Å²) in [4.78, 5) is 25.4. The van der Waals surface area contributed by atoms with Gasteiger partial charge < -0.3 is 25.2 Å². The van der Waals surface area contributed by atoms with Crippen LogP contribution in [0.4, 0.5) is 11.5 Å². The quantitative estimate of drug-likeness (QED) is 0.565. The van der Waals surface area contributed by atoms with E-state index in [0.29, 0.717) is 25.5 Å². The van der Waals surface area contributed by atoms with E-state index < -0.39 is 0 Å². The first-order valence-electron chi connectivity index (χ1n) is 10.8. The smallest absolute Gasteiger partial charge is 0.229 e. The molecular formula is C23H30N6O2. The van der Waals surface area contributed by atoms with Gasteiger partial charge in [-0.2, -0.15) is 0 Å². The number of guanidine groups is 1. The third-order valence-corrected chi connectivity index (χ3v) is 5.59. The Balaban J connectivity index is 1.28. The molecule has 3 heterocycles. The Kier molecular flexibility index (Phi) is 6.66. The summed E-state index contributed by atoms with van der Waals surface area (Å²) in [7, 11) is 1.74. The van der Waals surface area contributed by atoms with Crippen LogP contribution >= 0.6 is 0 Å². The molecular weight excluding hydrogens is 392 g/mol. The maximum atomic E-state index is 12.4. The summed E-state index contributed by atoms with van der Waals surface area (Å²) in [6.45, 7) is 5.78. The van der Waals surface area contributed by atoms with Gasteiger partial charge in [-0.05, 0) is 30.7 Å². The average Bonchev–Trinajstić information content (AvgIpc) is 3.17. The predicted octanol–water partition coefficient (Wildman–Crippen LogP) is 1.78. The summed E-state index contributed by atoms with van der Waals surface area (Å²) in [5.41, 5.74) is 2.00. The van der Waals surface area contributed by atoms with Gasteiger partial charge in [0.25, 0.3) is 0 Å². The SMILES string of the molecule is CN=C(NCc1ccc(N2CCOC(C)C2)nc1)NC1CC(=O)N(c2ccccc2)C1. The van der Waals surface area contributed by atoms with Crippen molar-refractivity contribution in [2.24, 2.45) is 4.99 Å². The van der Waals surface area contributed by atoms with Crippen LogP contribution in [0.2, 0.25) is 0 Å². The molecule has 2 fully saturated rings. The number of benzene rings is 1. The first-order chi connectivity index (χ1) is 15.1. The number of hydrogen-bond acceptors (Lipinski definition) is 5. The number of ether oxygens (including phenoxy) is 1. The third kappa shape index (κ3) is 5.32. The Morgan fingerprint density at radius 2 is 2.06 bits per heavy atom. The van der Waals surface area contributed by atoms with Crippen LogP contribution in [-0.2, 0) is 16.1 Å². The van der Waals surface area contributed by atoms with E-state index >= 15 is 0 Å². The Bertz CT molecular complexity index is 902. The number of nitrogens with one attached hydrogen (secondary N) is 2. The number of nitrogens with zero attached hydrogens (tertiary/aromatic N) is 4. The van der Waals surface area contributed by atoms with Crippen molar-refractivity contribution in [3.8, 4) is 0 Å². The molecule has 0 radical (unpaired) electrons. The number of anilines is 2. The molecule has 1 aromatic heterocycles. The van der Waals surface area contributed by atoms with Gasteiger partial charge in [-0.15, -0.1) is 0 Å². The molecule has 2 aliphatic heterocycles. The van der Waals surface area contributed by atoms with E-state index in [1.807, 2.05) is 41.4 Å². The van der Waals surface area contributed by atoms with E-state index in [-0.39, 0.29) is 18.1 Å². The maximum Gasteiger partial charge on any atom is 0.229 e. The van der Waals surface area contributed by atoms with Crippen molar-refractivity contribution in [3.63, 3.8) is 0 Å². The highest BCUT2D eigenvalue weighted by Gasteiger charge is 2.31. The van der Waals surface area contributed by atoms with Crippen LogP contribution in [0.25, 0.3) is 0 Å². The highest BCUT2D eigenvalue weighted by atomic mass is 16.5. The highest BCUT2D eigenvalue weighted by Crippen LogP contribution is 2.21. The van der Waals surface area contributed by atoms with Gasteiger partial charge >= 0.3 is 0 Å². The lowest BCUT2D eigenvalue weighted by atomic mass is 10.2. The molecule has 8 heteroatoms. The first kappa shape index (κ1) is 21.1. The standard InChI is InChI=1S/C23H30N6O2/c1-17-15-28(10-11-31-17)21-9-8-18(13-25-21)14-26-23(24-2)27-19-12-22(30)29(16-19)20-6-4-3-5-7-20/h3-9,13,17,19H,10-12,14-16H2,1-2H3,(H2,24,26,27). The molecule has 0 bridgehead atoms. The van der Waals surface area contributed by atoms with E-state index in [2.05, 4.69) is 44.6 Å². The number of pyridine rings is 1. The average molecular weight is 423 g/mol. The normalized spacial score (nSPS) is 22.0. The monoisotopic (exact) mass is 422 g/mol. The number of morpholine rings is 1. The molecule has 1 aromatic carbocycles.